The van der Waals surface area contributed by atoms with Gasteiger partial charge in [-0.25, -0.2) is 0 Å². The summed E-state index contributed by atoms with van der Waals surface area (Å²) in [5.74, 6) is 0.391. The van der Waals surface area contributed by atoms with Crippen LogP contribution in [-0.4, -0.2) is 42.6 Å². The first-order chi connectivity index (χ1) is 12.6. The smallest absolute Gasteiger partial charge is 0.309 e. The summed E-state index contributed by atoms with van der Waals surface area (Å²) >= 11 is 0. The van der Waals surface area contributed by atoms with Gasteiger partial charge in [-0.1, -0.05) is 30.3 Å². The second kappa shape index (κ2) is 8.21. The molecule has 1 atom stereocenters. The molecule has 1 saturated heterocycles. The van der Waals surface area contributed by atoms with Crippen LogP contribution in [0, 0.1) is 5.92 Å². The Labute approximate surface area is 153 Å². The van der Waals surface area contributed by atoms with E-state index >= 15 is 0 Å². The van der Waals surface area contributed by atoms with Crippen LogP contribution >= 0.6 is 0 Å². The predicted molar refractivity (Wildman–Crippen MR) is 100.0 cm³/mol. The summed E-state index contributed by atoms with van der Waals surface area (Å²) in [6.07, 6.45) is 0.732. The third kappa shape index (κ3) is 4.15. The molecule has 0 bridgehead atoms. The van der Waals surface area contributed by atoms with Gasteiger partial charge in [-0.15, -0.1) is 0 Å². The molecule has 1 aliphatic rings. The first-order valence-electron chi connectivity index (χ1n) is 9.19. The Morgan fingerprint density at radius 3 is 2.50 bits per heavy atom. The number of carbonyl (C=O) groups is 2. The number of benzene rings is 2. The van der Waals surface area contributed by atoms with Crippen molar-refractivity contribution in [2.75, 3.05) is 19.7 Å². The summed E-state index contributed by atoms with van der Waals surface area (Å²) in [4.78, 5) is 26.2. The Kier molecular flexibility index (Phi) is 5.76. The van der Waals surface area contributed by atoms with E-state index < -0.39 is 6.10 Å². The molecule has 2 aromatic rings. The van der Waals surface area contributed by atoms with Crippen molar-refractivity contribution in [3.8, 4) is 5.75 Å². The van der Waals surface area contributed by atoms with E-state index in [1.807, 2.05) is 49.4 Å². The lowest BCUT2D eigenvalue weighted by Gasteiger charge is -2.32. The number of fused-ring (bicyclic) bond motifs is 1. The average molecular weight is 355 g/mol. The summed E-state index contributed by atoms with van der Waals surface area (Å²) in [5, 5.41) is 2.22. The van der Waals surface area contributed by atoms with Crippen molar-refractivity contribution in [3.63, 3.8) is 0 Å². The van der Waals surface area contributed by atoms with Crippen molar-refractivity contribution in [2.24, 2.45) is 5.92 Å². The van der Waals surface area contributed by atoms with Crippen LogP contribution < -0.4 is 4.74 Å². The predicted octanol–water partition coefficient (Wildman–Crippen LogP) is 3.41. The van der Waals surface area contributed by atoms with E-state index in [2.05, 4.69) is 0 Å². The Balaban J connectivity index is 1.57. The molecule has 2 aromatic carbocycles. The number of likely N-dealkylation sites (tertiary alicyclic amines) is 1. The number of nitrogens with zero attached hydrogens (tertiary/aromatic N) is 1. The van der Waals surface area contributed by atoms with Gasteiger partial charge in [0.1, 0.15) is 5.75 Å². The number of ether oxygens (including phenoxy) is 2. The zero-order valence-corrected chi connectivity index (χ0v) is 15.3. The fourth-order valence-corrected chi connectivity index (χ4v) is 3.35. The quantitative estimate of drug-likeness (QED) is 0.771. The molecule has 1 fully saturated rings. The lowest BCUT2D eigenvalue weighted by molar-refractivity contribution is -0.152. The molecule has 1 heterocycles. The third-order valence-corrected chi connectivity index (χ3v) is 4.81. The van der Waals surface area contributed by atoms with Crippen molar-refractivity contribution < 1.29 is 19.1 Å². The van der Waals surface area contributed by atoms with Crippen LogP contribution in [0.1, 0.15) is 26.7 Å². The number of esters is 1. The SMILES string of the molecule is CCOC(=O)C1CCN(C(=O)[C@H](C)Oc2ccc3ccccc3c2)CC1. The molecule has 0 saturated carbocycles. The maximum atomic E-state index is 12.7. The van der Waals surface area contributed by atoms with Crippen LogP contribution in [0.15, 0.2) is 42.5 Å². The largest absolute Gasteiger partial charge is 0.481 e. The Morgan fingerprint density at radius 1 is 1.12 bits per heavy atom. The van der Waals surface area contributed by atoms with Crippen LogP contribution in [0.25, 0.3) is 10.8 Å². The number of hydrogen-bond acceptors (Lipinski definition) is 4. The van der Waals surface area contributed by atoms with Gasteiger partial charge >= 0.3 is 5.97 Å². The molecule has 138 valence electrons. The van der Waals surface area contributed by atoms with E-state index in [1.165, 1.54) is 0 Å². The third-order valence-electron chi connectivity index (χ3n) is 4.81. The number of piperidine rings is 1. The van der Waals surface area contributed by atoms with Crippen molar-refractivity contribution in [1.82, 2.24) is 4.90 Å². The van der Waals surface area contributed by atoms with Crippen molar-refractivity contribution >= 4 is 22.6 Å². The lowest BCUT2D eigenvalue weighted by atomic mass is 9.97. The minimum atomic E-state index is -0.560. The number of hydrogen-bond donors (Lipinski definition) is 0. The van der Waals surface area contributed by atoms with Gasteiger partial charge in [0.15, 0.2) is 6.10 Å². The Hall–Kier alpha value is -2.56. The summed E-state index contributed by atoms with van der Waals surface area (Å²) < 4.78 is 10.9. The monoisotopic (exact) mass is 355 g/mol. The normalized spacial score (nSPS) is 16.3. The maximum absolute atomic E-state index is 12.7. The van der Waals surface area contributed by atoms with E-state index in [0.29, 0.717) is 38.3 Å². The van der Waals surface area contributed by atoms with Crippen LogP contribution in [0.5, 0.6) is 5.75 Å². The standard InChI is InChI=1S/C21H25NO4/c1-3-25-21(24)17-10-12-22(13-11-17)20(23)15(2)26-19-9-8-16-6-4-5-7-18(16)14-19/h4-9,14-15,17H,3,10-13H2,1-2H3/t15-/m0/s1. The Morgan fingerprint density at radius 2 is 1.81 bits per heavy atom. The van der Waals surface area contributed by atoms with E-state index in [9.17, 15) is 9.59 Å². The molecular weight excluding hydrogens is 330 g/mol. The zero-order chi connectivity index (χ0) is 18.5. The zero-order valence-electron chi connectivity index (χ0n) is 15.3. The Bertz CT molecular complexity index is 780. The van der Waals surface area contributed by atoms with Gasteiger partial charge in [0.05, 0.1) is 12.5 Å². The summed E-state index contributed by atoms with van der Waals surface area (Å²) in [6, 6.07) is 13.9. The van der Waals surface area contributed by atoms with E-state index in [-0.39, 0.29) is 17.8 Å². The van der Waals surface area contributed by atoms with Gasteiger partial charge in [-0.2, -0.15) is 0 Å². The van der Waals surface area contributed by atoms with E-state index in [4.69, 9.17) is 9.47 Å². The van der Waals surface area contributed by atoms with Crippen molar-refractivity contribution in [1.29, 1.82) is 0 Å². The molecule has 0 N–H and O–H groups in total. The molecular formula is C21H25NO4. The number of amides is 1. The molecule has 5 heteroatoms. The molecule has 0 radical (unpaired) electrons. The summed E-state index contributed by atoms with van der Waals surface area (Å²) in [5.41, 5.74) is 0. The van der Waals surface area contributed by atoms with Gasteiger partial charge in [0, 0.05) is 13.1 Å². The second-order valence-electron chi connectivity index (χ2n) is 6.62. The second-order valence-corrected chi connectivity index (χ2v) is 6.62. The number of carbonyl (C=O) groups excluding carboxylic acids is 2. The van der Waals surface area contributed by atoms with Crippen LogP contribution in [0.2, 0.25) is 0 Å². The van der Waals surface area contributed by atoms with Gasteiger partial charge in [-0.3, -0.25) is 9.59 Å². The van der Waals surface area contributed by atoms with Crippen LogP contribution in [-0.2, 0) is 14.3 Å². The first kappa shape index (κ1) is 18.2. The average Bonchev–Trinajstić information content (AvgIpc) is 2.67. The minimum absolute atomic E-state index is 0.0412. The highest BCUT2D eigenvalue weighted by Crippen LogP contribution is 2.23. The molecule has 3 rings (SSSR count). The molecule has 5 nitrogen and oxygen atoms in total. The highest BCUT2D eigenvalue weighted by Gasteiger charge is 2.30. The summed E-state index contributed by atoms with van der Waals surface area (Å²) in [6.45, 7) is 5.10. The fraction of sp³-hybridized carbons (Fsp3) is 0.429. The van der Waals surface area contributed by atoms with Gasteiger partial charge in [-0.05, 0) is 49.6 Å². The van der Waals surface area contributed by atoms with Gasteiger partial charge in [0.25, 0.3) is 5.91 Å². The summed E-state index contributed by atoms with van der Waals surface area (Å²) in [7, 11) is 0. The molecule has 1 aliphatic heterocycles. The highest BCUT2D eigenvalue weighted by molar-refractivity contribution is 5.84. The van der Waals surface area contributed by atoms with Crippen LogP contribution in [0.4, 0.5) is 0 Å². The van der Waals surface area contributed by atoms with Crippen molar-refractivity contribution in [2.45, 2.75) is 32.8 Å². The molecule has 0 unspecified atom stereocenters. The van der Waals surface area contributed by atoms with Gasteiger partial charge < -0.3 is 14.4 Å². The van der Waals surface area contributed by atoms with Crippen LogP contribution in [0.3, 0.4) is 0 Å². The highest BCUT2D eigenvalue weighted by atomic mass is 16.5. The maximum Gasteiger partial charge on any atom is 0.309 e. The van der Waals surface area contributed by atoms with Gasteiger partial charge in [0.2, 0.25) is 0 Å². The van der Waals surface area contributed by atoms with E-state index in [0.717, 1.165) is 10.8 Å². The molecule has 0 aromatic heterocycles. The minimum Gasteiger partial charge on any atom is -0.481 e. The number of rotatable bonds is 5. The van der Waals surface area contributed by atoms with E-state index in [1.54, 1.807) is 11.8 Å². The molecule has 0 spiro atoms. The molecule has 1 amide bonds. The first-order valence-corrected chi connectivity index (χ1v) is 9.19. The lowest BCUT2D eigenvalue weighted by Crippen LogP contribution is -2.45. The molecule has 0 aliphatic carbocycles. The fourth-order valence-electron chi connectivity index (χ4n) is 3.35. The topological polar surface area (TPSA) is 55.8 Å². The van der Waals surface area contributed by atoms with Crippen molar-refractivity contribution in [3.05, 3.63) is 42.5 Å². The molecule has 26 heavy (non-hydrogen) atoms.